The van der Waals surface area contributed by atoms with E-state index in [2.05, 4.69) is 21.4 Å². The van der Waals surface area contributed by atoms with Crippen LogP contribution in [0.1, 0.15) is 11.1 Å². The Kier molecular flexibility index (Phi) is 5.54. The minimum atomic E-state index is -0.665. The van der Waals surface area contributed by atoms with E-state index in [-0.39, 0.29) is 18.0 Å². The highest BCUT2D eigenvalue weighted by Gasteiger charge is 2.22. The van der Waals surface area contributed by atoms with Crippen molar-refractivity contribution in [1.29, 1.82) is 5.26 Å². The van der Waals surface area contributed by atoms with Crippen molar-refractivity contribution in [2.45, 2.75) is 13.2 Å². The molecule has 2 heterocycles. The Bertz CT molecular complexity index is 1240. The second-order valence-electron chi connectivity index (χ2n) is 6.55. The van der Waals surface area contributed by atoms with E-state index in [4.69, 9.17) is 9.47 Å². The molecule has 0 saturated carbocycles. The summed E-state index contributed by atoms with van der Waals surface area (Å²) in [5.41, 5.74) is 3.39. The van der Waals surface area contributed by atoms with E-state index in [0.29, 0.717) is 35.3 Å². The maximum atomic E-state index is 12.5. The number of aromatic nitrogens is 3. The van der Waals surface area contributed by atoms with Crippen LogP contribution in [0.25, 0.3) is 22.2 Å². The minimum absolute atomic E-state index is 0.118. The van der Waals surface area contributed by atoms with Crippen molar-refractivity contribution in [2.75, 3.05) is 19.0 Å². The largest absolute Gasteiger partial charge is 0.444 e. The van der Waals surface area contributed by atoms with Gasteiger partial charge in [0.2, 0.25) is 0 Å². The second-order valence-corrected chi connectivity index (χ2v) is 6.55. The van der Waals surface area contributed by atoms with Gasteiger partial charge in [-0.25, -0.2) is 14.8 Å². The summed E-state index contributed by atoms with van der Waals surface area (Å²) < 4.78 is 12.2. The highest BCUT2D eigenvalue weighted by atomic mass is 16.5. The van der Waals surface area contributed by atoms with Crippen molar-refractivity contribution in [2.24, 2.45) is 0 Å². The van der Waals surface area contributed by atoms with Crippen molar-refractivity contribution in [3.8, 4) is 6.07 Å². The summed E-state index contributed by atoms with van der Waals surface area (Å²) in [4.78, 5) is 21.7. The Labute approximate surface area is 172 Å². The van der Waals surface area contributed by atoms with Crippen molar-refractivity contribution in [3.63, 3.8) is 0 Å². The molecule has 2 aromatic carbocycles. The maximum Gasteiger partial charge on any atom is 0.413 e. The summed E-state index contributed by atoms with van der Waals surface area (Å²) in [5.74, 6) is 0.290. The number of nitrogens with one attached hydrogen (secondary N) is 1. The molecule has 0 unspecified atom stereocenters. The molecule has 0 bridgehead atoms. The van der Waals surface area contributed by atoms with Crippen molar-refractivity contribution < 1.29 is 14.3 Å². The Hall–Kier alpha value is -3.96. The molecule has 0 aliphatic carbocycles. The molecule has 0 aliphatic heterocycles. The first-order valence-electron chi connectivity index (χ1n) is 9.37. The van der Waals surface area contributed by atoms with Gasteiger partial charge in [0.05, 0.1) is 17.6 Å². The van der Waals surface area contributed by atoms with Gasteiger partial charge in [-0.1, -0.05) is 42.5 Å². The summed E-state index contributed by atoms with van der Waals surface area (Å²) in [6.45, 7) is 0.875. The lowest BCUT2D eigenvalue weighted by Gasteiger charge is -2.11. The molecule has 8 nitrogen and oxygen atoms in total. The second kappa shape index (κ2) is 8.59. The van der Waals surface area contributed by atoms with E-state index in [1.807, 2.05) is 54.6 Å². The van der Waals surface area contributed by atoms with E-state index in [9.17, 15) is 10.1 Å². The van der Waals surface area contributed by atoms with Crippen LogP contribution in [0.3, 0.4) is 0 Å². The van der Waals surface area contributed by atoms with Crippen molar-refractivity contribution in [1.82, 2.24) is 14.5 Å². The number of carbonyl (C=O) groups excluding carboxylic acids is 1. The average Bonchev–Trinajstić information content (AvgIpc) is 3.06. The molecule has 1 N–H and O–H groups in total. The predicted octanol–water partition coefficient (Wildman–Crippen LogP) is 3.85. The summed E-state index contributed by atoms with van der Waals surface area (Å²) in [6.07, 6.45) is -0.665. The van der Waals surface area contributed by atoms with E-state index in [0.717, 1.165) is 5.56 Å². The molecule has 0 saturated heterocycles. The fraction of sp³-hybridized carbons (Fsp3) is 0.182. The number of rotatable bonds is 6. The molecule has 0 radical (unpaired) electrons. The Balaban J connectivity index is 1.72. The summed E-state index contributed by atoms with van der Waals surface area (Å²) in [5, 5.41) is 12.5. The molecule has 4 rings (SSSR count). The van der Waals surface area contributed by atoms with E-state index < -0.39 is 6.09 Å². The first-order valence-corrected chi connectivity index (χ1v) is 9.37. The molecular formula is C22H19N5O3. The normalized spacial score (nSPS) is 10.8. The zero-order valence-corrected chi connectivity index (χ0v) is 16.3. The molecule has 2 aromatic heterocycles. The number of amides is 1. The smallest absolute Gasteiger partial charge is 0.413 e. The molecule has 0 atom stereocenters. The fourth-order valence-corrected chi connectivity index (χ4v) is 3.19. The van der Waals surface area contributed by atoms with E-state index in [1.165, 1.54) is 0 Å². The van der Waals surface area contributed by atoms with Gasteiger partial charge in [0.1, 0.15) is 29.6 Å². The number of anilines is 1. The van der Waals surface area contributed by atoms with Crippen LogP contribution in [0.5, 0.6) is 0 Å². The van der Waals surface area contributed by atoms with Crippen LogP contribution < -0.4 is 5.32 Å². The van der Waals surface area contributed by atoms with Gasteiger partial charge in [-0.2, -0.15) is 5.26 Å². The van der Waals surface area contributed by atoms with Crippen LogP contribution in [0.4, 0.5) is 10.6 Å². The Morgan fingerprint density at radius 1 is 1.10 bits per heavy atom. The molecular weight excluding hydrogens is 382 g/mol. The number of nitrogens with zero attached hydrogens (tertiary/aromatic N) is 4. The molecule has 30 heavy (non-hydrogen) atoms. The third-order valence-corrected chi connectivity index (χ3v) is 4.62. The first-order chi connectivity index (χ1) is 14.7. The van der Waals surface area contributed by atoms with Crippen LogP contribution >= 0.6 is 0 Å². The van der Waals surface area contributed by atoms with Gasteiger partial charge in [0.25, 0.3) is 0 Å². The van der Waals surface area contributed by atoms with Crippen molar-refractivity contribution in [3.05, 3.63) is 65.7 Å². The van der Waals surface area contributed by atoms with Gasteiger partial charge in [-0.05, 0) is 17.7 Å². The number of nitriles is 1. The van der Waals surface area contributed by atoms with Gasteiger partial charge < -0.3 is 14.0 Å². The lowest BCUT2D eigenvalue weighted by molar-refractivity contribution is 0.154. The molecule has 1 amide bonds. The summed E-state index contributed by atoms with van der Waals surface area (Å²) in [7, 11) is 1.58. The van der Waals surface area contributed by atoms with E-state index in [1.54, 1.807) is 11.7 Å². The van der Waals surface area contributed by atoms with Gasteiger partial charge in [-0.15, -0.1) is 0 Å². The number of carbonyl (C=O) groups is 1. The van der Waals surface area contributed by atoms with Crippen LogP contribution in [-0.2, 0) is 22.6 Å². The minimum Gasteiger partial charge on any atom is -0.444 e. The highest BCUT2D eigenvalue weighted by molar-refractivity contribution is 5.96. The number of ether oxygens (including phenoxy) is 2. The number of methoxy groups -OCH3 is 1. The first kappa shape index (κ1) is 19.4. The van der Waals surface area contributed by atoms with Crippen LogP contribution in [0.15, 0.2) is 54.6 Å². The van der Waals surface area contributed by atoms with Crippen molar-refractivity contribution >= 4 is 34.1 Å². The van der Waals surface area contributed by atoms with Gasteiger partial charge >= 0.3 is 6.09 Å². The zero-order chi connectivity index (χ0) is 20.9. The Morgan fingerprint density at radius 3 is 2.50 bits per heavy atom. The van der Waals surface area contributed by atoms with Gasteiger partial charge in [-0.3, -0.25) is 5.32 Å². The molecule has 8 heteroatoms. The summed E-state index contributed by atoms with van der Waals surface area (Å²) >= 11 is 0. The predicted molar refractivity (Wildman–Crippen MR) is 112 cm³/mol. The zero-order valence-electron chi connectivity index (χ0n) is 16.3. The lowest BCUT2D eigenvalue weighted by Crippen LogP contribution is -2.18. The molecule has 0 fully saturated rings. The maximum absolute atomic E-state index is 12.5. The summed E-state index contributed by atoms with van der Waals surface area (Å²) in [6, 6.07) is 18.9. The number of hydrogen-bond donors (Lipinski definition) is 1. The van der Waals surface area contributed by atoms with Crippen LogP contribution in [-0.4, -0.2) is 34.3 Å². The number of hydrogen-bond acceptors (Lipinski definition) is 6. The lowest BCUT2D eigenvalue weighted by atomic mass is 10.2. The number of benzene rings is 2. The molecule has 150 valence electrons. The number of fused-ring (bicyclic) bond motifs is 2. The quantitative estimate of drug-likeness (QED) is 0.526. The standard InChI is InChI=1S/C22H19N5O3/c1-29-12-11-27-20(26-22(28)30-14-15-7-3-2-4-8-15)16(13-23)19-21(27)25-18-10-6-5-9-17(18)24-19/h2-10H,11-12,14H2,1H3,(H,26,28). The van der Waals surface area contributed by atoms with E-state index >= 15 is 0 Å². The SMILES string of the molecule is COCCn1c(NC(=O)OCc2ccccc2)c(C#N)c2nc3ccccc3nc21. The van der Waals surface area contributed by atoms with Crippen LogP contribution in [0, 0.1) is 11.3 Å². The van der Waals surface area contributed by atoms with Gasteiger partial charge in [0, 0.05) is 13.7 Å². The average molecular weight is 401 g/mol. The third kappa shape index (κ3) is 3.79. The monoisotopic (exact) mass is 401 g/mol. The Morgan fingerprint density at radius 2 is 1.80 bits per heavy atom. The fourth-order valence-electron chi connectivity index (χ4n) is 3.19. The molecule has 4 aromatic rings. The molecule has 0 spiro atoms. The third-order valence-electron chi connectivity index (χ3n) is 4.62. The topological polar surface area (TPSA) is 102 Å². The van der Waals surface area contributed by atoms with Gasteiger partial charge in [0.15, 0.2) is 5.65 Å². The van der Waals surface area contributed by atoms with Crippen LogP contribution in [0.2, 0.25) is 0 Å². The highest BCUT2D eigenvalue weighted by Crippen LogP contribution is 2.29. The number of para-hydroxylation sites is 2. The molecule has 0 aliphatic rings.